The van der Waals surface area contributed by atoms with Crippen molar-refractivity contribution in [3.05, 3.63) is 29.0 Å². The first-order chi connectivity index (χ1) is 7.09. The quantitative estimate of drug-likeness (QED) is 0.853. The largest absolute Gasteiger partial charge is 0.506 e. The molecule has 0 aliphatic carbocycles. The molecule has 1 N–H and O–H groups in total. The average molecular weight is 225 g/mol. The van der Waals surface area contributed by atoms with Crippen molar-refractivity contribution < 1.29 is 14.3 Å². The molecule has 0 amide bonds. The third-order valence-corrected chi connectivity index (χ3v) is 2.57. The van der Waals surface area contributed by atoms with Crippen LogP contribution in [-0.2, 0) is 11.2 Å². The number of hydrogen-bond donors (Lipinski definition) is 1. The number of ketones is 1. The minimum absolute atomic E-state index is 0.0349. The number of Topliss-reactive ketones (excluding diaryl/α,β-unsaturated/α-hetero) is 1. The van der Waals surface area contributed by atoms with Crippen LogP contribution in [0.4, 0.5) is 0 Å². The topological polar surface area (TPSA) is 50.4 Å². The molecule has 3 nitrogen and oxygen atoms in total. The molecule has 0 aliphatic heterocycles. The van der Waals surface area contributed by atoms with E-state index in [9.17, 15) is 9.90 Å². The van der Waals surface area contributed by atoms with E-state index in [1.54, 1.807) is 12.1 Å². The van der Waals surface area contributed by atoms with Gasteiger partial charge in [0.1, 0.15) is 17.1 Å². The number of aromatic hydroxyl groups is 1. The summed E-state index contributed by atoms with van der Waals surface area (Å²) in [5, 5.41) is 10.6. The number of phenolic OH excluding ortho intramolecular Hbond substituents is 1. The zero-order valence-corrected chi connectivity index (χ0v) is 8.84. The van der Waals surface area contributed by atoms with Gasteiger partial charge in [0.05, 0.1) is 11.3 Å². The number of furan rings is 1. The van der Waals surface area contributed by atoms with Crippen LogP contribution in [0.3, 0.4) is 0 Å². The summed E-state index contributed by atoms with van der Waals surface area (Å²) in [6, 6.07) is 3.31. The van der Waals surface area contributed by atoms with Crippen molar-refractivity contribution in [2.24, 2.45) is 0 Å². The summed E-state index contributed by atoms with van der Waals surface area (Å²) in [6.07, 6.45) is 1.65. The molecule has 0 bridgehead atoms. The fourth-order valence-corrected chi connectivity index (χ4v) is 1.79. The van der Waals surface area contributed by atoms with Gasteiger partial charge in [-0.25, -0.2) is 0 Å². The van der Waals surface area contributed by atoms with Gasteiger partial charge in [-0.05, 0) is 19.1 Å². The van der Waals surface area contributed by atoms with Crippen LogP contribution in [-0.4, -0.2) is 10.9 Å². The smallest absolute Gasteiger partial charge is 0.138 e. The Morgan fingerprint density at radius 2 is 2.33 bits per heavy atom. The zero-order chi connectivity index (χ0) is 11.0. The summed E-state index contributed by atoms with van der Waals surface area (Å²) in [6.45, 7) is 1.46. The Morgan fingerprint density at radius 3 is 3.00 bits per heavy atom. The lowest BCUT2D eigenvalue weighted by atomic mass is 10.1. The molecule has 0 saturated heterocycles. The molecule has 0 saturated carbocycles. The monoisotopic (exact) mass is 224 g/mol. The number of fused-ring (bicyclic) bond motifs is 1. The molecule has 1 aromatic heterocycles. The van der Waals surface area contributed by atoms with Gasteiger partial charge in [-0.3, -0.25) is 4.79 Å². The van der Waals surface area contributed by atoms with E-state index in [-0.39, 0.29) is 23.0 Å². The van der Waals surface area contributed by atoms with E-state index in [2.05, 4.69) is 0 Å². The molecule has 2 rings (SSSR count). The highest BCUT2D eigenvalue weighted by Gasteiger charge is 2.13. The number of rotatable bonds is 2. The molecule has 4 heteroatoms. The maximum atomic E-state index is 11.0. The fraction of sp³-hybridized carbons (Fsp3) is 0.182. The molecule has 0 unspecified atom stereocenters. The lowest BCUT2D eigenvalue weighted by molar-refractivity contribution is -0.116. The van der Waals surface area contributed by atoms with Crippen LogP contribution in [0.25, 0.3) is 11.0 Å². The minimum Gasteiger partial charge on any atom is -0.506 e. The molecule has 15 heavy (non-hydrogen) atoms. The van der Waals surface area contributed by atoms with Gasteiger partial charge in [-0.1, -0.05) is 11.6 Å². The maximum absolute atomic E-state index is 11.0. The van der Waals surface area contributed by atoms with Crippen molar-refractivity contribution in [3.8, 4) is 5.75 Å². The van der Waals surface area contributed by atoms with Gasteiger partial charge in [-0.2, -0.15) is 0 Å². The van der Waals surface area contributed by atoms with E-state index in [4.69, 9.17) is 16.0 Å². The highest BCUT2D eigenvalue weighted by molar-refractivity contribution is 6.37. The molecule has 78 valence electrons. The molecule has 2 aromatic rings. The summed E-state index contributed by atoms with van der Waals surface area (Å²) in [7, 11) is 0. The predicted molar refractivity (Wildman–Crippen MR) is 57.3 cm³/mol. The molecule has 0 atom stereocenters. The van der Waals surface area contributed by atoms with Crippen molar-refractivity contribution in [2.45, 2.75) is 13.3 Å². The van der Waals surface area contributed by atoms with E-state index in [0.717, 1.165) is 0 Å². The molecule has 0 radical (unpaired) electrons. The fourth-order valence-electron chi connectivity index (χ4n) is 1.51. The number of halogens is 1. The average Bonchev–Trinajstić information content (AvgIpc) is 2.61. The first kappa shape index (κ1) is 10.1. The Labute approximate surface area is 91.3 Å². The van der Waals surface area contributed by atoms with Gasteiger partial charge in [0.25, 0.3) is 0 Å². The molecule has 1 heterocycles. The van der Waals surface area contributed by atoms with Crippen LogP contribution >= 0.6 is 11.6 Å². The highest BCUT2D eigenvalue weighted by Crippen LogP contribution is 2.36. The Bertz CT molecular complexity index is 528. The van der Waals surface area contributed by atoms with Crippen LogP contribution in [0, 0.1) is 0 Å². The van der Waals surface area contributed by atoms with Gasteiger partial charge < -0.3 is 9.52 Å². The van der Waals surface area contributed by atoms with Crippen LogP contribution in [0.2, 0.25) is 5.02 Å². The minimum atomic E-state index is -0.0410. The Hall–Kier alpha value is -1.48. The van der Waals surface area contributed by atoms with Crippen molar-refractivity contribution in [2.75, 3.05) is 0 Å². The molecular weight excluding hydrogens is 216 g/mol. The summed E-state index contributed by atoms with van der Waals surface area (Å²) < 4.78 is 5.17. The van der Waals surface area contributed by atoms with Crippen LogP contribution in [0.15, 0.2) is 22.8 Å². The summed E-state index contributed by atoms with van der Waals surface area (Å²) in [5.74, 6) is -0.0759. The third-order valence-electron chi connectivity index (χ3n) is 2.19. The Morgan fingerprint density at radius 1 is 1.60 bits per heavy atom. The van der Waals surface area contributed by atoms with E-state index in [1.807, 2.05) is 0 Å². The van der Waals surface area contributed by atoms with Crippen molar-refractivity contribution in [3.63, 3.8) is 0 Å². The van der Waals surface area contributed by atoms with E-state index < -0.39 is 0 Å². The Kier molecular flexibility index (Phi) is 2.40. The number of phenols is 1. The maximum Gasteiger partial charge on any atom is 0.138 e. The number of hydrogen-bond acceptors (Lipinski definition) is 3. The van der Waals surface area contributed by atoms with E-state index >= 15 is 0 Å². The second kappa shape index (κ2) is 3.59. The molecule has 0 fully saturated rings. The van der Waals surface area contributed by atoms with Gasteiger partial charge in [0.15, 0.2) is 0 Å². The number of benzene rings is 1. The van der Waals surface area contributed by atoms with Crippen molar-refractivity contribution >= 4 is 28.4 Å². The lowest BCUT2D eigenvalue weighted by Gasteiger charge is -2.04. The summed E-state index contributed by atoms with van der Waals surface area (Å²) in [5.41, 5.74) is 1.07. The van der Waals surface area contributed by atoms with Crippen molar-refractivity contribution in [1.29, 1.82) is 0 Å². The van der Waals surface area contributed by atoms with Gasteiger partial charge in [0, 0.05) is 17.4 Å². The second-order valence-electron chi connectivity index (χ2n) is 3.41. The standard InChI is InChI=1S/C11H9ClO3/c1-6(13)4-7-5-9-8(2-3-15-9)10(12)11(7)14/h2-3,5,14H,4H2,1H3. The molecule has 0 spiro atoms. The first-order valence-corrected chi connectivity index (χ1v) is 4.84. The van der Waals surface area contributed by atoms with Gasteiger partial charge >= 0.3 is 0 Å². The highest BCUT2D eigenvalue weighted by atomic mass is 35.5. The molecule has 1 aromatic carbocycles. The molecule has 0 aliphatic rings. The van der Waals surface area contributed by atoms with Gasteiger partial charge in [0.2, 0.25) is 0 Å². The lowest BCUT2D eigenvalue weighted by Crippen LogP contribution is -1.96. The Balaban J connectivity index is 2.64. The van der Waals surface area contributed by atoms with Crippen LogP contribution < -0.4 is 0 Å². The van der Waals surface area contributed by atoms with E-state index in [0.29, 0.717) is 16.5 Å². The summed E-state index contributed by atoms with van der Waals surface area (Å²) >= 11 is 5.93. The van der Waals surface area contributed by atoms with Crippen molar-refractivity contribution in [1.82, 2.24) is 0 Å². The SMILES string of the molecule is CC(=O)Cc1cc2occc2c(Cl)c1O. The summed E-state index contributed by atoms with van der Waals surface area (Å²) in [4.78, 5) is 11.0. The predicted octanol–water partition coefficient (Wildman–Crippen LogP) is 2.92. The number of carbonyl (C=O) groups is 1. The van der Waals surface area contributed by atoms with E-state index in [1.165, 1.54) is 13.2 Å². The molecular formula is C11H9ClO3. The number of carbonyl (C=O) groups excluding carboxylic acids is 1. The van der Waals surface area contributed by atoms with Gasteiger partial charge in [-0.15, -0.1) is 0 Å². The normalized spacial score (nSPS) is 10.8. The second-order valence-corrected chi connectivity index (χ2v) is 3.79. The zero-order valence-electron chi connectivity index (χ0n) is 8.08. The van der Waals surface area contributed by atoms with Crippen LogP contribution in [0.1, 0.15) is 12.5 Å². The first-order valence-electron chi connectivity index (χ1n) is 4.46. The third kappa shape index (κ3) is 1.70. The van der Waals surface area contributed by atoms with Crippen LogP contribution in [0.5, 0.6) is 5.75 Å².